The zero-order chi connectivity index (χ0) is 24.1. The van der Waals surface area contributed by atoms with E-state index in [-0.39, 0.29) is 35.8 Å². The number of aromatic hydroxyl groups is 1. The Morgan fingerprint density at radius 2 is 1.91 bits per heavy atom. The third-order valence-corrected chi connectivity index (χ3v) is 6.14. The van der Waals surface area contributed by atoms with Gasteiger partial charge in [-0.1, -0.05) is 17.7 Å². The summed E-state index contributed by atoms with van der Waals surface area (Å²) in [5.41, 5.74) is 0.561. The topological polar surface area (TPSA) is 115 Å². The number of benzene rings is 2. The van der Waals surface area contributed by atoms with Crippen LogP contribution in [0.2, 0.25) is 5.02 Å². The third kappa shape index (κ3) is 3.29. The fourth-order valence-corrected chi connectivity index (χ4v) is 4.29. The number of furan rings is 1. The zero-order valence-electron chi connectivity index (χ0n) is 18.1. The van der Waals surface area contributed by atoms with E-state index in [1.807, 2.05) is 6.07 Å². The maximum atomic E-state index is 13.6. The van der Waals surface area contributed by atoms with Gasteiger partial charge in [0, 0.05) is 16.0 Å². The van der Waals surface area contributed by atoms with Crippen LogP contribution in [0.5, 0.6) is 17.4 Å². The molecule has 0 amide bonds. The first-order valence-electron chi connectivity index (χ1n) is 10.3. The molecule has 3 heterocycles. The van der Waals surface area contributed by atoms with Crippen molar-refractivity contribution < 1.29 is 23.8 Å². The number of hydrogen-bond acceptors (Lipinski definition) is 7. The second kappa shape index (κ2) is 7.97. The van der Waals surface area contributed by atoms with Crippen LogP contribution in [0.25, 0.3) is 11.0 Å². The number of pyridine rings is 1. The first kappa shape index (κ1) is 21.6. The molecule has 170 valence electrons. The number of carbonyl (C=O) groups is 1. The fourth-order valence-electron chi connectivity index (χ4n) is 4.11. The second-order valence-electron chi connectivity index (χ2n) is 7.92. The summed E-state index contributed by atoms with van der Waals surface area (Å²) in [6.45, 7) is 3.15. The van der Waals surface area contributed by atoms with Crippen molar-refractivity contribution in [3.05, 3.63) is 85.4 Å². The first-order valence-corrected chi connectivity index (χ1v) is 10.7. The number of nitrogens with zero attached hydrogens (tertiary/aromatic N) is 2. The van der Waals surface area contributed by atoms with Gasteiger partial charge in [-0.2, -0.15) is 5.26 Å². The minimum absolute atomic E-state index is 0.00663. The van der Waals surface area contributed by atoms with Gasteiger partial charge in [-0.15, -0.1) is 0 Å². The second-order valence-corrected chi connectivity index (χ2v) is 8.35. The molecular weight excluding hydrogens is 460 g/mol. The Hall–Kier alpha value is -4.22. The van der Waals surface area contributed by atoms with E-state index < -0.39 is 17.2 Å². The number of fused-ring (bicyclic) bond motifs is 2. The summed E-state index contributed by atoms with van der Waals surface area (Å²) in [5.74, 6) is -0.130. The average molecular weight is 477 g/mol. The van der Waals surface area contributed by atoms with Crippen LogP contribution in [-0.4, -0.2) is 22.2 Å². The third-order valence-electron chi connectivity index (χ3n) is 5.91. The Balaban J connectivity index is 1.66. The highest BCUT2D eigenvalue weighted by Gasteiger charge is 2.29. The highest BCUT2D eigenvalue weighted by molar-refractivity contribution is 6.31. The highest BCUT2D eigenvalue weighted by Crippen LogP contribution is 2.34. The van der Waals surface area contributed by atoms with Crippen LogP contribution in [0.1, 0.15) is 38.4 Å². The Morgan fingerprint density at radius 1 is 1.15 bits per heavy atom. The number of hydrogen-bond donors (Lipinski definition) is 1. The van der Waals surface area contributed by atoms with E-state index in [1.165, 1.54) is 6.92 Å². The maximum Gasteiger partial charge on any atom is 0.271 e. The van der Waals surface area contributed by atoms with Gasteiger partial charge in [-0.3, -0.25) is 14.2 Å². The molecule has 2 aromatic carbocycles. The van der Waals surface area contributed by atoms with E-state index in [4.69, 9.17) is 25.5 Å². The van der Waals surface area contributed by atoms with Crippen molar-refractivity contribution in [2.24, 2.45) is 0 Å². The molecule has 0 fully saturated rings. The summed E-state index contributed by atoms with van der Waals surface area (Å²) < 4.78 is 17.4. The number of carbonyl (C=O) groups excluding carboxylic acids is 1. The lowest BCUT2D eigenvalue weighted by Crippen LogP contribution is -2.27. The molecular formula is C25H17ClN2O6. The summed E-state index contributed by atoms with van der Waals surface area (Å²) >= 11 is 6.08. The number of ketones is 1. The molecule has 34 heavy (non-hydrogen) atoms. The standard InChI is InChI=1S/C25H17ClN2O6/c1-12-17(9-27)24(30)28(10-14-3-5-19-20(7-14)33-11-32-19)25(31)21(12)22(29)23-13(2)16-8-15(26)4-6-18(16)34-23/h3-8,31H,10-11H2,1-2H3. The first-order chi connectivity index (χ1) is 16.3. The van der Waals surface area contributed by atoms with E-state index in [0.29, 0.717) is 38.6 Å². The van der Waals surface area contributed by atoms with Gasteiger partial charge in [0.2, 0.25) is 18.5 Å². The number of rotatable bonds is 4. The summed E-state index contributed by atoms with van der Waals surface area (Å²) in [6.07, 6.45) is 0. The quantitative estimate of drug-likeness (QED) is 0.432. The molecule has 0 spiro atoms. The highest BCUT2D eigenvalue weighted by atomic mass is 35.5. The van der Waals surface area contributed by atoms with Crippen molar-refractivity contribution in [2.75, 3.05) is 6.79 Å². The van der Waals surface area contributed by atoms with Gasteiger partial charge in [-0.25, -0.2) is 0 Å². The molecule has 0 bridgehead atoms. The normalized spacial score (nSPS) is 12.2. The summed E-state index contributed by atoms with van der Waals surface area (Å²) in [7, 11) is 0. The minimum atomic E-state index is -0.708. The van der Waals surface area contributed by atoms with Crippen LogP contribution in [0.4, 0.5) is 0 Å². The molecule has 1 aliphatic heterocycles. The Kier molecular flexibility index (Phi) is 5.07. The van der Waals surface area contributed by atoms with Gasteiger partial charge in [0.05, 0.1) is 12.1 Å². The molecule has 0 saturated heterocycles. The predicted octanol–water partition coefficient (Wildman–Crippen LogP) is 4.45. The predicted molar refractivity (Wildman–Crippen MR) is 123 cm³/mol. The zero-order valence-corrected chi connectivity index (χ0v) is 18.9. The summed E-state index contributed by atoms with van der Waals surface area (Å²) in [6, 6.07) is 11.9. The average Bonchev–Trinajstić information content (AvgIpc) is 3.41. The van der Waals surface area contributed by atoms with Crippen LogP contribution in [0, 0.1) is 25.2 Å². The number of halogens is 1. The SMILES string of the molecule is Cc1c(C(=O)c2oc3ccc(Cl)cc3c2C)c(O)n(Cc2ccc3c(c2)OCO3)c(=O)c1C#N. The molecule has 2 aromatic heterocycles. The van der Waals surface area contributed by atoms with Crippen LogP contribution in [-0.2, 0) is 6.54 Å². The van der Waals surface area contributed by atoms with Crippen molar-refractivity contribution in [3.8, 4) is 23.4 Å². The Bertz CT molecular complexity index is 1610. The van der Waals surface area contributed by atoms with Gasteiger partial charge in [-0.05, 0) is 55.3 Å². The minimum Gasteiger partial charge on any atom is -0.494 e. The molecule has 5 rings (SSSR count). The molecule has 1 aliphatic rings. The lowest BCUT2D eigenvalue weighted by Gasteiger charge is -2.15. The van der Waals surface area contributed by atoms with Crippen molar-refractivity contribution in [1.82, 2.24) is 4.57 Å². The molecule has 0 aliphatic carbocycles. The number of nitriles is 1. The number of aryl methyl sites for hydroxylation is 1. The molecule has 1 N–H and O–H groups in total. The van der Waals surface area contributed by atoms with Crippen LogP contribution >= 0.6 is 11.6 Å². The van der Waals surface area contributed by atoms with Gasteiger partial charge in [0.25, 0.3) is 5.56 Å². The van der Waals surface area contributed by atoms with Crippen LogP contribution < -0.4 is 15.0 Å². The maximum absolute atomic E-state index is 13.6. The molecule has 8 nitrogen and oxygen atoms in total. The van der Waals surface area contributed by atoms with Gasteiger partial charge < -0.3 is 19.0 Å². The smallest absolute Gasteiger partial charge is 0.271 e. The van der Waals surface area contributed by atoms with Gasteiger partial charge in [0.15, 0.2) is 17.3 Å². The molecule has 0 atom stereocenters. The molecule has 4 aromatic rings. The van der Waals surface area contributed by atoms with E-state index >= 15 is 0 Å². The lowest BCUT2D eigenvalue weighted by atomic mass is 9.98. The van der Waals surface area contributed by atoms with E-state index in [9.17, 15) is 20.0 Å². The van der Waals surface area contributed by atoms with Crippen LogP contribution in [0.3, 0.4) is 0 Å². The number of aromatic nitrogens is 1. The fraction of sp³-hybridized carbons (Fsp3) is 0.160. The summed E-state index contributed by atoms with van der Waals surface area (Å²) in [5, 5.41) is 21.9. The van der Waals surface area contributed by atoms with E-state index in [1.54, 1.807) is 43.3 Å². The van der Waals surface area contributed by atoms with E-state index in [0.717, 1.165) is 4.57 Å². The van der Waals surface area contributed by atoms with Crippen molar-refractivity contribution >= 4 is 28.4 Å². The Labute approximate surface area is 198 Å². The van der Waals surface area contributed by atoms with Crippen molar-refractivity contribution in [2.45, 2.75) is 20.4 Å². The monoisotopic (exact) mass is 476 g/mol. The molecule has 0 radical (unpaired) electrons. The molecule has 0 saturated carbocycles. The van der Waals surface area contributed by atoms with Crippen LogP contribution in [0.15, 0.2) is 45.6 Å². The Morgan fingerprint density at radius 3 is 2.68 bits per heavy atom. The van der Waals surface area contributed by atoms with Gasteiger partial charge >= 0.3 is 0 Å². The number of ether oxygens (including phenoxy) is 2. The summed E-state index contributed by atoms with van der Waals surface area (Å²) in [4.78, 5) is 26.6. The largest absolute Gasteiger partial charge is 0.494 e. The van der Waals surface area contributed by atoms with Gasteiger partial charge in [0.1, 0.15) is 17.2 Å². The lowest BCUT2D eigenvalue weighted by molar-refractivity contribution is 0.101. The van der Waals surface area contributed by atoms with Crippen molar-refractivity contribution in [3.63, 3.8) is 0 Å². The molecule has 0 unspecified atom stereocenters. The van der Waals surface area contributed by atoms with Crippen molar-refractivity contribution in [1.29, 1.82) is 5.26 Å². The molecule has 9 heteroatoms. The van der Waals surface area contributed by atoms with E-state index in [2.05, 4.69) is 0 Å².